The van der Waals surface area contributed by atoms with Gasteiger partial charge in [0.1, 0.15) is 6.33 Å². The molecule has 1 N–H and O–H groups in total. The van der Waals surface area contributed by atoms with E-state index in [0.29, 0.717) is 11.6 Å². The molecular weight excluding hydrogens is 388 g/mol. The van der Waals surface area contributed by atoms with Crippen LogP contribution in [0.2, 0.25) is 0 Å². The van der Waals surface area contributed by atoms with Gasteiger partial charge in [0.15, 0.2) is 22.6 Å². The van der Waals surface area contributed by atoms with Gasteiger partial charge in [0.05, 0.1) is 11.8 Å². The molecule has 4 aromatic heterocycles. The molecule has 8 nitrogen and oxygen atoms in total. The Kier molecular flexibility index (Phi) is 4.82. The van der Waals surface area contributed by atoms with E-state index < -0.39 is 0 Å². The summed E-state index contributed by atoms with van der Waals surface area (Å²) in [7, 11) is 0. The van der Waals surface area contributed by atoms with Crippen molar-refractivity contribution in [1.82, 2.24) is 34.1 Å². The van der Waals surface area contributed by atoms with Gasteiger partial charge in [0, 0.05) is 18.8 Å². The van der Waals surface area contributed by atoms with Gasteiger partial charge in [0.25, 0.3) is 0 Å². The summed E-state index contributed by atoms with van der Waals surface area (Å²) in [5.41, 5.74) is 5.64. The third-order valence-electron chi connectivity index (χ3n) is 5.33. The van der Waals surface area contributed by atoms with Gasteiger partial charge in [-0.05, 0) is 44.9 Å². The molecule has 31 heavy (non-hydrogen) atoms. The van der Waals surface area contributed by atoms with Gasteiger partial charge < -0.3 is 9.88 Å². The lowest BCUT2D eigenvalue weighted by Gasteiger charge is -2.12. The monoisotopic (exact) mass is 412 g/mol. The summed E-state index contributed by atoms with van der Waals surface area (Å²) < 4.78 is 3.92. The molecule has 0 saturated carbocycles. The molecule has 4 heterocycles. The first-order valence-corrected chi connectivity index (χ1v) is 10.4. The fraction of sp³-hybridized carbons (Fsp3) is 0.261. The molecule has 5 rings (SSSR count). The number of hydrogen-bond acceptors (Lipinski definition) is 6. The van der Waals surface area contributed by atoms with E-state index in [0.717, 1.165) is 35.5 Å². The van der Waals surface area contributed by atoms with E-state index in [1.54, 1.807) is 12.5 Å². The van der Waals surface area contributed by atoms with Gasteiger partial charge in [0.2, 0.25) is 5.95 Å². The molecular formula is C23H24N8. The molecule has 5 aromatic rings. The van der Waals surface area contributed by atoms with Crippen molar-refractivity contribution in [2.45, 2.75) is 33.2 Å². The summed E-state index contributed by atoms with van der Waals surface area (Å²) in [5, 5.41) is 3.48. The summed E-state index contributed by atoms with van der Waals surface area (Å²) >= 11 is 0. The number of nitrogens with zero attached hydrogens (tertiary/aromatic N) is 7. The highest BCUT2D eigenvalue weighted by Crippen LogP contribution is 2.24. The number of fused-ring (bicyclic) bond motifs is 2. The lowest BCUT2D eigenvalue weighted by molar-refractivity contribution is 0.612. The molecule has 0 aliphatic carbocycles. The molecule has 0 unspecified atom stereocenters. The van der Waals surface area contributed by atoms with Crippen molar-refractivity contribution >= 4 is 28.1 Å². The zero-order valence-electron chi connectivity index (χ0n) is 17.8. The number of benzene rings is 1. The average Bonchev–Trinajstić information content (AvgIpc) is 3.39. The molecule has 0 saturated heterocycles. The van der Waals surface area contributed by atoms with E-state index in [1.807, 2.05) is 23.0 Å². The van der Waals surface area contributed by atoms with Crippen molar-refractivity contribution < 1.29 is 0 Å². The lowest BCUT2D eigenvalue weighted by Crippen LogP contribution is -2.11. The van der Waals surface area contributed by atoms with E-state index in [-0.39, 0.29) is 6.04 Å². The van der Waals surface area contributed by atoms with Crippen LogP contribution in [-0.2, 0) is 6.42 Å². The second-order valence-electron chi connectivity index (χ2n) is 7.91. The third kappa shape index (κ3) is 3.61. The van der Waals surface area contributed by atoms with Crippen LogP contribution >= 0.6 is 0 Å². The number of pyridine rings is 1. The summed E-state index contributed by atoms with van der Waals surface area (Å²) in [4.78, 5) is 22.9. The Morgan fingerprint density at radius 1 is 0.968 bits per heavy atom. The Morgan fingerprint density at radius 3 is 2.61 bits per heavy atom. The largest absolute Gasteiger partial charge is 0.368 e. The SMILES string of the molecule is Cc1ccc(CCNc2nc(-n3cnc4ncccc43)nc3c2ncn3C(C)C)cc1. The Labute approximate surface area is 180 Å². The molecule has 0 spiro atoms. The molecule has 0 aliphatic rings. The van der Waals surface area contributed by atoms with E-state index in [1.165, 1.54) is 11.1 Å². The van der Waals surface area contributed by atoms with Gasteiger partial charge >= 0.3 is 0 Å². The minimum Gasteiger partial charge on any atom is -0.368 e. The van der Waals surface area contributed by atoms with E-state index in [4.69, 9.17) is 9.97 Å². The molecule has 0 aliphatic heterocycles. The first kappa shape index (κ1) is 19.2. The first-order valence-electron chi connectivity index (χ1n) is 10.4. The highest BCUT2D eigenvalue weighted by molar-refractivity contribution is 5.84. The van der Waals surface area contributed by atoms with Crippen LogP contribution in [0.25, 0.3) is 28.3 Å². The van der Waals surface area contributed by atoms with Crippen molar-refractivity contribution in [1.29, 1.82) is 0 Å². The van der Waals surface area contributed by atoms with Crippen molar-refractivity contribution in [3.8, 4) is 5.95 Å². The summed E-state index contributed by atoms with van der Waals surface area (Å²) in [6.07, 6.45) is 6.16. The number of hydrogen-bond donors (Lipinski definition) is 1. The lowest BCUT2D eigenvalue weighted by atomic mass is 10.1. The maximum atomic E-state index is 4.83. The van der Waals surface area contributed by atoms with Crippen molar-refractivity contribution in [3.63, 3.8) is 0 Å². The summed E-state index contributed by atoms with van der Waals surface area (Å²) in [6.45, 7) is 7.07. The Hall–Kier alpha value is -3.81. The molecule has 0 fully saturated rings. The van der Waals surface area contributed by atoms with Crippen LogP contribution in [0.5, 0.6) is 0 Å². The summed E-state index contributed by atoms with van der Waals surface area (Å²) in [5.74, 6) is 1.26. The van der Waals surface area contributed by atoms with E-state index in [2.05, 4.69) is 69.9 Å². The van der Waals surface area contributed by atoms with Crippen molar-refractivity contribution in [2.75, 3.05) is 11.9 Å². The van der Waals surface area contributed by atoms with E-state index >= 15 is 0 Å². The zero-order chi connectivity index (χ0) is 21.4. The van der Waals surface area contributed by atoms with Crippen LogP contribution in [-0.4, -0.2) is 40.6 Å². The van der Waals surface area contributed by atoms with Gasteiger partial charge in [-0.1, -0.05) is 29.8 Å². The zero-order valence-corrected chi connectivity index (χ0v) is 17.8. The van der Waals surface area contributed by atoms with Crippen LogP contribution in [0.15, 0.2) is 55.2 Å². The van der Waals surface area contributed by atoms with Crippen LogP contribution < -0.4 is 5.32 Å². The van der Waals surface area contributed by atoms with Gasteiger partial charge in [-0.15, -0.1) is 0 Å². The highest BCUT2D eigenvalue weighted by Gasteiger charge is 2.17. The number of nitrogens with one attached hydrogen (secondary N) is 1. The van der Waals surface area contributed by atoms with Crippen LogP contribution in [0.1, 0.15) is 31.0 Å². The molecule has 156 valence electrons. The summed E-state index contributed by atoms with van der Waals surface area (Å²) in [6, 6.07) is 12.7. The fourth-order valence-electron chi connectivity index (χ4n) is 3.60. The number of anilines is 1. The fourth-order valence-corrected chi connectivity index (χ4v) is 3.60. The Morgan fingerprint density at radius 2 is 1.81 bits per heavy atom. The second-order valence-corrected chi connectivity index (χ2v) is 7.91. The standard InChI is InChI=1S/C23H24N8/c1-15(2)30-13-26-19-21(25-12-10-17-8-6-16(3)7-9-17)28-23(29-22(19)30)31-14-27-20-18(31)5-4-11-24-20/h4-9,11,13-15H,10,12H2,1-3H3,(H,25,28,29). The number of imidazole rings is 2. The molecule has 0 radical (unpaired) electrons. The second kappa shape index (κ2) is 7.79. The smallest absolute Gasteiger partial charge is 0.239 e. The molecule has 8 heteroatoms. The average molecular weight is 413 g/mol. The Bertz CT molecular complexity index is 1350. The normalized spacial score (nSPS) is 11.6. The maximum absolute atomic E-state index is 4.83. The molecule has 1 aromatic carbocycles. The van der Waals surface area contributed by atoms with E-state index in [9.17, 15) is 0 Å². The number of aryl methyl sites for hydroxylation is 1. The Balaban J connectivity index is 1.54. The number of rotatable bonds is 6. The quantitative estimate of drug-likeness (QED) is 0.452. The maximum Gasteiger partial charge on any atom is 0.239 e. The predicted molar refractivity (Wildman–Crippen MR) is 122 cm³/mol. The van der Waals surface area contributed by atoms with Gasteiger partial charge in [-0.25, -0.2) is 15.0 Å². The third-order valence-corrected chi connectivity index (χ3v) is 5.33. The molecule has 0 bridgehead atoms. The number of aromatic nitrogens is 7. The minimum absolute atomic E-state index is 0.231. The van der Waals surface area contributed by atoms with Crippen molar-refractivity contribution in [3.05, 3.63) is 66.4 Å². The molecule has 0 atom stereocenters. The van der Waals surface area contributed by atoms with Crippen LogP contribution in [0.3, 0.4) is 0 Å². The topological polar surface area (TPSA) is 86.3 Å². The predicted octanol–water partition coefficient (Wildman–Crippen LogP) is 4.10. The van der Waals surface area contributed by atoms with Crippen LogP contribution in [0, 0.1) is 6.92 Å². The van der Waals surface area contributed by atoms with Crippen molar-refractivity contribution in [2.24, 2.45) is 0 Å². The van der Waals surface area contributed by atoms with Crippen LogP contribution in [0.4, 0.5) is 5.82 Å². The van der Waals surface area contributed by atoms with Gasteiger partial charge in [-0.2, -0.15) is 9.97 Å². The first-order chi connectivity index (χ1) is 15.1. The molecule has 0 amide bonds. The highest BCUT2D eigenvalue weighted by atomic mass is 15.3. The minimum atomic E-state index is 0.231. The van der Waals surface area contributed by atoms with Gasteiger partial charge in [-0.3, -0.25) is 4.57 Å².